The van der Waals surface area contributed by atoms with Gasteiger partial charge in [0.1, 0.15) is 5.75 Å². The van der Waals surface area contributed by atoms with Crippen molar-refractivity contribution < 1.29 is 14.4 Å². The summed E-state index contributed by atoms with van der Waals surface area (Å²) in [5.41, 5.74) is 0.758. The summed E-state index contributed by atoms with van der Waals surface area (Å²) >= 11 is 0. The van der Waals surface area contributed by atoms with E-state index < -0.39 is 6.10 Å². The first-order chi connectivity index (χ1) is 9.24. The first-order valence-electron chi connectivity index (χ1n) is 6.46. The highest BCUT2D eigenvalue weighted by Crippen LogP contribution is 2.38. The predicted molar refractivity (Wildman–Crippen MR) is 67.7 cm³/mol. The van der Waals surface area contributed by atoms with E-state index in [4.69, 9.17) is 9.26 Å². The van der Waals surface area contributed by atoms with Crippen molar-refractivity contribution >= 4 is 0 Å². The molecular formula is C14H16N2O3. The van der Waals surface area contributed by atoms with Crippen LogP contribution in [0, 0.1) is 0 Å². The second-order valence-corrected chi connectivity index (χ2v) is 4.83. The van der Waals surface area contributed by atoms with Gasteiger partial charge in [0, 0.05) is 11.5 Å². The molecule has 0 aliphatic heterocycles. The van der Waals surface area contributed by atoms with Crippen molar-refractivity contribution in [3.05, 3.63) is 41.5 Å². The van der Waals surface area contributed by atoms with Crippen molar-refractivity contribution in [3.63, 3.8) is 0 Å². The SMILES string of the molecule is CC(O)c1ccccc1OCc1noc(C2CC2)n1. The standard InChI is InChI=1S/C14H16N2O3/c1-9(17)11-4-2-3-5-12(11)18-8-13-15-14(19-16-13)10-6-7-10/h2-5,9-10,17H,6-8H2,1H3. The van der Waals surface area contributed by atoms with Gasteiger partial charge in [-0.15, -0.1) is 0 Å². The molecule has 0 bridgehead atoms. The van der Waals surface area contributed by atoms with E-state index in [-0.39, 0.29) is 6.61 Å². The summed E-state index contributed by atoms with van der Waals surface area (Å²) in [6, 6.07) is 7.40. The third-order valence-corrected chi connectivity index (χ3v) is 3.14. The van der Waals surface area contributed by atoms with Gasteiger partial charge in [0.25, 0.3) is 0 Å². The van der Waals surface area contributed by atoms with E-state index in [1.807, 2.05) is 24.3 Å². The third kappa shape index (κ3) is 2.76. The van der Waals surface area contributed by atoms with Gasteiger partial charge >= 0.3 is 0 Å². The Morgan fingerprint density at radius 2 is 2.21 bits per heavy atom. The molecule has 1 N–H and O–H groups in total. The highest BCUT2D eigenvalue weighted by molar-refractivity contribution is 5.34. The topological polar surface area (TPSA) is 68.4 Å². The minimum absolute atomic E-state index is 0.250. The molecular weight excluding hydrogens is 244 g/mol. The van der Waals surface area contributed by atoms with E-state index in [9.17, 15) is 5.11 Å². The lowest BCUT2D eigenvalue weighted by Gasteiger charge is -2.11. The summed E-state index contributed by atoms with van der Waals surface area (Å²) in [4.78, 5) is 4.30. The van der Waals surface area contributed by atoms with Gasteiger partial charge in [0.2, 0.25) is 11.7 Å². The summed E-state index contributed by atoms with van der Waals surface area (Å²) < 4.78 is 10.8. The Bertz CT molecular complexity index is 561. The Balaban J connectivity index is 1.67. The average Bonchev–Trinajstić information content (AvgIpc) is 3.16. The fourth-order valence-electron chi connectivity index (χ4n) is 1.92. The second kappa shape index (κ2) is 5.01. The van der Waals surface area contributed by atoms with Crippen molar-refractivity contribution in [2.24, 2.45) is 0 Å². The van der Waals surface area contributed by atoms with Crippen LogP contribution in [0.25, 0.3) is 0 Å². The van der Waals surface area contributed by atoms with Crippen LogP contribution in [0.2, 0.25) is 0 Å². The monoisotopic (exact) mass is 260 g/mol. The molecule has 5 heteroatoms. The normalized spacial score (nSPS) is 16.3. The molecule has 1 aromatic carbocycles. The number of rotatable bonds is 5. The zero-order chi connectivity index (χ0) is 13.2. The first kappa shape index (κ1) is 12.2. The van der Waals surface area contributed by atoms with E-state index in [2.05, 4.69) is 10.1 Å². The van der Waals surface area contributed by atoms with Crippen LogP contribution in [0.5, 0.6) is 5.75 Å². The van der Waals surface area contributed by atoms with E-state index >= 15 is 0 Å². The van der Waals surface area contributed by atoms with Crippen LogP contribution >= 0.6 is 0 Å². The lowest BCUT2D eigenvalue weighted by atomic mass is 10.1. The van der Waals surface area contributed by atoms with Crippen molar-refractivity contribution in [1.82, 2.24) is 10.1 Å². The van der Waals surface area contributed by atoms with Gasteiger partial charge in [-0.25, -0.2) is 0 Å². The number of aromatic nitrogens is 2. The molecule has 0 saturated heterocycles. The molecule has 3 rings (SSSR count). The molecule has 19 heavy (non-hydrogen) atoms. The Hall–Kier alpha value is -1.88. The van der Waals surface area contributed by atoms with Gasteiger partial charge in [-0.2, -0.15) is 4.98 Å². The maximum Gasteiger partial charge on any atom is 0.229 e. The molecule has 1 atom stereocenters. The van der Waals surface area contributed by atoms with Gasteiger partial charge in [0.15, 0.2) is 6.61 Å². The number of aliphatic hydroxyl groups is 1. The lowest BCUT2D eigenvalue weighted by molar-refractivity contribution is 0.189. The van der Waals surface area contributed by atoms with Crippen molar-refractivity contribution in [2.45, 2.75) is 38.4 Å². The van der Waals surface area contributed by atoms with E-state index in [0.29, 0.717) is 23.4 Å². The molecule has 1 aliphatic carbocycles. The molecule has 0 radical (unpaired) electrons. The predicted octanol–water partition coefficient (Wildman–Crippen LogP) is 2.58. The van der Waals surface area contributed by atoms with Gasteiger partial charge in [-0.05, 0) is 25.8 Å². The number of aliphatic hydroxyl groups excluding tert-OH is 1. The molecule has 2 aromatic rings. The average molecular weight is 260 g/mol. The third-order valence-electron chi connectivity index (χ3n) is 3.14. The fourth-order valence-corrected chi connectivity index (χ4v) is 1.92. The van der Waals surface area contributed by atoms with Crippen LogP contribution in [0.4, 0.5) is 0 Å². The summed E-state index contributed by atoms with van der Waals surface area (Å²) in [6.07, 6.45) is 1.70. The maximum absolute atomic E-state index is 9.66. The largest absolute Gasteiger partial charge is 0.485 e. The summed E-state index contributed by atoms with van der Waals surface area (Å²) in [7, 11) is 0. The van der Waals surface area contributed by atoms with Crippen LogP contribution in [0.3, 0.4) is 0 Å². The minimum Gasteiger partial charge on any atom is -0.485 e. The number of hydrogen-bond donors (Lipinski definition) is 1. The maximum atomic E-state index is 9.66. The quantitative estimate of drug-likeness (QED) is 0.894. The zero-order valence-electron chi connectivity index (χ0n) is 10.7. The molecule has 1 aromatic heterocycles. The van der Waals surface area contributed by atoms with Crippen LogP contribution in [0.1, 0.15) is 49.1 Å². The smallest absolute Gasteiger partial charge is 0.229 e. The van der Waals surface area contributed by atoms with E-state index in [1.165, 1.54) is 0 Å². The Morgan fingerprint density at radius 3 is 2.95 bits per heavy atom. The number of benzene rings is 1. The molecule has 1 fully saturated rings. The lowest BCUT2D eigenvalue weighted by Crippen LogP contribution is -2.02. The van der Waals surface area contributed by atoms with Gasteiger partial charge in [0.05, 0.1) is 6.10 Å². The summed E-state index contributed by atoms with van der Waals surface area (Å²) in [5, 5.41) is 13.6. The number of para-hydroxylation sites is 1. The molecule has 100 valence electrons. The highest BCUT2D eigenvalue weighted by atomic mass is 16.5. The van der Waals surface area contributed by atoms with Crippen molar-refractivity contribution in [1.29, 1.82) is 0 Å². The Kier molecular flexibility index (Phi) is 3.21. The number of ether oxygens (including phenoxy) is 1. The van der Waals surface area contributed by atoms with Crippen LogP contribution in [0.15, 0.2) is 28.8 Å². The summed E-state index contributed by atoms with van der Waals surface area (Å²) in [6.45, 7) is 1.96. The molecule has 5 nitrogen and oxygen atoms in total. The Morgan fingerprint density at radius 1 is 1.42 bits per heavy atom. The van der Waals surface area contributed by atoms with Gasteiger partial charge in [-0.1, -0.05) is 23.4 Å². The summed E-state index contributed by atoms with van der Waals surface area (Å²) in [5.74, 6) is 2.35. The van der Waals surface area contributed by atoms with Crippen molar-refractivity contribution in [3.8, 4) is 5.75 Å². The molecule has 0 amide bonds. The fraction of sp³-hybridized carbons (Fsp3) is 0.429. The Labute approximate surface area is 111 Å². The molecule has 1 heterocycles. The molecule has 1 saturated carbocycles. The highest BCUT2D eigenvalue weighted by Gasteiger charge is 2.29. The number of nitrogens with zero attached hydrogens (tertiary/aromatic N) is 2. The van der Waals surface area contributed by atoms with Gasteiger partial charge < -0.3 is 14.4 Å². The molecule has 1 aliphatic rings. The zero-order valence-corrected chi connectivity index (χ0v) is 10.7. The van der Waals surface area contributed by atoms with Gasteiger partial charge in [-0.3, -0.25) is 0 Å². The van der Waals surface area contributed by atoms with Crippen LogP contribution < -0.4 is 4.74 Å². The first-order valence-corrected chi connectivity index (χ1v) is 6.46. The number of hydrogen-bond acceptors (Lipinski definition) is 5. The second-order valence-electron chi connectivity index (χ2n) is 4.83. The molecule has 0 spiro atoms. The molecule has 1 unspecified atom stereocenters. The van der Waals surface area contributed by atoms with Crippen LogP contribution in [-0.2, 0) is 6.61 Å². The minimum atomic E-state index is -0.566. The van der Waals surface area contributed by atoms with Crippen molar-refractivity contribution in [2.75, 3.05) is 0 Å². The van der Waals surface area contributed by atoms with Crippen LogP contribution in [-0.4, -0.2) is 15.2 Å². The van der Waals surface area contributed by atoms with E-state index in [1.54, 1.807) is 6.92 Å². The van der Waals surface area contributed by atoms with E-state index in [0.717, 1.165) is 18.4 Å².